The lowest BCUT2D eigenvalue weighted by Gasteiger charge is -2.23. The van der Waals surface area contributed by atoms with Crippen LogP contribution in [-0.4, -0.2) is 24.2 Å². The third kappa shape index (κ3) is 3.43. The molecule has 1 aliphatic heterocycles. The van der Waals surface area contributed by atoms with Crippen molar-refractivity contribution in [1.82, 2.24) is 0 Å². The van der Waals surface area contributed by atoms with Crippen molar-refractivity contribution in [3.05, 3.63) is 29.3 Å². The molecule has 0 radical (unpaired) electrons. The van der Waals surface area contributed by atoms with E-state index in [9.17, 15) is 0 Å². The molecule has 0 amide bonds. The number of hydrogen-bond donors (Lipinski definition) is 2. The molecular weight excluding hydrogens is 244 g/mol. The maximum Gasteiger partial charge on any atom is 0.106 e. The van der Waals surface area contributed by atoms with Gasteiger partial charge in [-0.05, 0) is 38.3 Å². The molecule has 0 bridgehead atoms. The van der Waals surface area contributed by atoms with E-state index >= 15 is 0 Å². The number of anilines is 1. The third-order valence-electron chi connectivity index (χ3n) is 3.23. The van der Waals surface area contributed by atoms with E-state index in [1.807, 2.05) is 19.1 Å². The van der Waals surface area contributed by atoms with Crippen molar-refractivity contribution in [3.63, 3.8) is 0 Å². The lowest BCUT2D eigenvalue weighted by Crippen LogP contribution is -2.27. The molecule has 1 saturated heterocycles. The minimum atomic E-state index is 0.305. The van der Waals surface area contributed by atoms with E-state index in [1.54, 1.807) is 0 Å². The number of benzene rings is 1. The van der Waals surface area contributed by atoms with Gasteiger partial charge in [-0.15, -0.1) is 0 Å². The Labute approximate surface area is 114 Å². The summed E-state index contributed by atoms with van der Waals surface area (Å²) < 4.78 is 5.70. The van der Waals surface area contributed by atoms with Crippen molar-refractivity contribution in [1.29, 1.82) is 0 Å². The van der Waals surface area contributed by atoms with Crippen molar-refractivity contribution in [2.45, 2.75) is 32.3 Å². The first-order valence-electron chi connectivity index (χ1n) is 6.43. The van der Waals surface area contributed by atoms with E-state index in [1.165, 1.54) is 12.8 Å². The molecule has 1 aromatic carbocycles. The Morgan fingerprint density at radius 1 is 1.50 bits per heavy atom. The fourth-order valence-electron chi connectivity index (χ4n) is 2.21. The predicted octanol–water partition coefficient (Wildman–Crippen LogP) is 2.61. The Hall–Kier alpha value is -1.13. The van der Waals surface area contributed by atoms with Gasteiger partial charge in [0.25, 0.3) is 0 Å². The second kappa shape index (κ2) is 6.16. The quantitative estimate of drug-likeness (QED) is 0.821. The average molecular weight is 264 g/mol. The zero-order valence-corrected chi connectivity index (χ0v) is 11.6. The monoisotopic (exact) mass is 264 g/mol. The SMILES string of the molecule is Cc1ccc(NCC2CCCCO2)c(C(N)=S)c1. The molecule has 1 aliphatic rings. The molecule has 1 heterocycles. The number of rotatable bonds is 4. The first-order chi connectivity index (χ1) is 8.66. The Morgan fingerprint density at radius 2 is 2.33 bits per heavy atom. The zero-order valence-electron chi connectivity index (χ0n) is 10.7. The second-order valence-corrected chi connectivity index (χ2v) is 5.22. The highest BCUT2D eigenvalue weighted by Crippen LogP contribution is 2.19. The standard InChI is InChI=1S/C14H20N2OS/c1-10-5-6-13(12(8-10)14(15)18)16-9-11-4-2-3-7-17-11/h5-6,8,11,16H,2-4,7,9H2,1H3,(H2,15,18). The summed E-state index contributed by atoms with van der Waals surface area (Å²) in [5.74, 6) is 0. The number of aryl methyl sites for hydroxylation is 1. The topological polar surface area (TPSA) is 47.3 Å². The highest BCUT2D eigenvalue weighted by molar-refractivity contribution is 7.80. The van der Waals surface area contributed by atoms with Gasteiger partial charge in [-0.3, -0.25) is 0 Å². The van der Waals surface area contributed by atoms with Crippen LogP contribution in [0.3, 0.4) is 0 Å². The summed E-state index contributed by atoms with van der Waals surface area (Å²) in [6, 6.07) is 6.12. The van der Waals surface area contributed by atoms with E-state index in [4.69, 9.17) is 22.7 Å². The molecule has 2 rings (SSSR count). The largest absolute Gasteiger partial charge is 0.389 e. The van der Waals surface area contributed by atoms with E-state index in [0.717, 1.165) is 36.4 Å². The summed E-state index contributed by atoms with van der Waals surface area (Å²) in [5, 5.41) is 3.40. The van der Waals surface area contributed by atoms with Gasteiger partial charge in [-0.25, -0.2) is 0 Å². The smallest absolute Gasteiger partial charge is 0.106 e. The van der Waals surface area contributed by atoms with Gasteiger partial charge in [0.2, 0.25) is 0 Å². The van der Waals surface area contributed by atoms with Crippen molar-refractivity contribution >= 4 is 22.9 Å². The summed E-state index contributed by atoms with van der Waals surface area (Å²) in [5.41, 5.74) is 8.84. The molecule has 0 spiro atoms. The molecular formula is C14H20N2OS. The number of ether oxygens (including phenoxy) is 1. The maximum atomic E-state index is 5.75. The molecule has 3 nitrogen and oxygen atoms in total. The van der Waals surface area contributed by atoms with Gasteiger partial charge in [0.1, 0.15) is 4.99 Å². The first kappa shape index (κ1) is 13.3. The molecule has 0 aromatic heterocycles. The van der Waals surface area contributed by atoms with Crippen molar-refractivity contribution in [2.24, 2.45) is 5.73 Å². The lowest BCUT2D eigenvalue weighted by atomic mass is 10.1. The molecule has 1 fully saturated rings. The van der Waals surface area contributed by atoms with Gasteiger partial charge < -0.3 is 15.8 Å². The van der Waals surface area contributed by atoms with Crippen LogP contribution >= 0.6 is 12.2 Å². The second-order valence-electron chi connectivity index (χ2n) is 4.78. The van der Waals surface area contributed by atoms with Crippen LogP contribution in [0.25, 0.3) is 0 Å². The van der Waals surface area contributed by atoms with Crippen molar-refractivity contribution < 1.29 is 4.74 Å². The maximum absolute atomic E-state index is 5.75. The van der Waals surface area contributed by atoms with E-state index in [0.29, 0.717) is 11.1 Å². The van der Waals surface area contributed by atoms with Crippen LogP contribution < -0.4 is 11.1 Å². The molecule has 0 aliphatic carbocycles. The molecule has 1 atom stereocenters. The van der Waals surface area contributed by atoms with Crippen LogP contribution in [0.15, 0.2) is 18.2 Å². The van der Waals surface area contributed by atoms with Crippen LogP contribution in [0.1, 0.15) is 30.4 Å². The molecule has 1 aromatic rings. The van der Waals surface area contributed by atoms with Gasteiger partial charge in [0.05, 0.1) is 6.10 Å². The van der Waals surface area contributed by atoms with Crippen LogP contribution in [-0.2, 0) is 4.74 Å². The highest BCUT2D eigenvalue weighted by Gasteiger charge is 2.14. The third-order valence-corrected chi connectivity index (χ3v) is 3.45. The van der Waals surface area contributed by atoms with Gasteiger partial charge in [-0.1, -0.05) is 23.8 Å². The number of nitrogens with one attached hydrogen (secondary N) is 1. The predicted molar refractivity (Wildman–Crippen MR) is 79.1 cm³/mol. The molecule has 0 saturated carbocycles. The minimum absolute atomic E-state index is 0.305. The zero-order chi connectivity index (χ0) is 13.0. The Bertz CT molecular complexity index is 428. The molecule has 4 heteroatoms. The summed E-state index contributed by atoms with van der Waals surface area (Å²) in [6.07, 6.45) is 3.86. The minimum Gasteiger partial charge on any atom is -0.389 e. The summed E-state index contributed by atoms with van der Waals surface area (Å²) >= 11 is 5.09. The van der Waals surface area contributed by atoms with Gasteiger partial charge in [0, 0.05) is 24.4 Å². The average Bonchev–Trinajstić information content (AvgIpc) is 2.38. The number of hydrogen-bond acceptors (Lipinski definition) is 3. The van der Waals surface area contributed by atoms with Gasteiger partial charge >= 0.3 is 0 Å². The number of thiocarbonyl (C=S) groups is 1. The van der Waals surface area contributed by atoms with Crippen LogP contribution in [0.4, 0.5) is 5.69 Å². The molecule has 3 N–H and O–H groups in total. The van der Waals surface area contributed by atoms with E-state index in [2.05, 4.69) is 11.4 Å². The van der Waals surface area contributed by atoms with E-state index in [-0.39, 0.29) is 0 Å². The Balaban J connectivity index is 2.01. The highest BCUT2D eigenvalue weighted by atomic mass is 32.1. The van der Waals surface area contributed by atoms with Gasteiger partial charge in [0.15, 0.2) is 0 Å². The summed E-state index contributed by atoms with van der Waals surface area (Å²) in [4.78, 5) is 0.436. The Kier molecular flexibility index (Phi) is 4.55. The summed E-state index contributed by atoms with van der Waals surface area (Å²) in [6.45, 7) is 3.73. The fraction of sp³-hybridized carbons (Fsp3) is 0.500. The van der Waals surface area contributed by atoms with Crippen LogP contribution in [0, 0.1) is 6.92 Å². The fourth-order valence-corrected chi connectivity index (χ4v) is 2.38. The molecule has 98 valence electrons. The van der Waals surface area contributed by atoms with Crippen LogP contribution in [0.2, 0.25) is 0 Å². The normalized spacial score (nSPS) is 19.5. The number of nitrogens with two attached hydrogens (primary N) is 1. The molecule has 1 unspecified atom stereocenters. The van der Waals surface area contributed by atoms with Crippen molar-refractivity contribution in [2.75, 3.05) is 18.5 Å². The van der Waals surface area contributed by atoms with Crippen molar-refractivity contribution in [3.8, 4) is 0 Å². The Morgan fingerprint density at radius 3 is 3.00 bits per heavy atom. The van der Waals surface area contributed by atoms with Crippen LogP contribution in [0.5, 0.6) is 0 Å². The van der Waals surface area contributed by atoms with E-state index < -0.39 is 0 Å². The first-order valence-corrected chi connectivity index (χ1v) is 6.83. The molecule has 18 heavy (non-hydrogen) atoms. The van der Waals surface area contributed by atoms with Gasteiger partial charge in [-0.2, -0.15) is 0 Å². The summed E-state index contributed by atoms with van der Waals surface area (Å²) in [7, 11) is 0. The lowest BCUT2D eigenvalue weighted by molar-refractivity contribution is 0.0247.